The summed E-state index contributed by atoms with van der Waals surface area (Å²) in [6.45, 7) is 1.70. The first-order chi connectivity index (χ1) is 11.1. The Morgan fingerprint density at radius 2 is 2.22 bits per heavy atom. The summed E-state index contributed by atoms with van der Waals surface area (Å²) in [6, 6.07) is 8.12. The summed E-state index contributed by atoms with van der Waals surface area (Å²) in [7, 11) is 1.94. The fourth-order valence-electron chi connectivity index (χ4n) is 3.23. The van der Waals surface area contributed by atoms with Gasteiger partial charge < -0.3 is 4.90 Å². The van der Waals surface area contributed by atoms with Crippen molar-refractivity contribution in [2.45, 2.75) is 31.6 Å². The first kappa shape index (κ1) is 16.2. The van der Waals surface area contributed by atoms with E-state index in [4.69, 9.17) is 0 Å². The summed E-state index contributed by atoms with van der Waals surface area (Å²) in [5.74, 6) is 0.680. The van der Waals surface area contributed by atoms with Crippen molar-refractivity contribution in [2.24, 2.45) is 7.05 Å². The van der Waals surface area contributed by atoms with E-state index < -0.39 is 0 Å². The van der Waals surface area contributed by atoms with E-state index in [0.29, 0.717) is 12.3 Å². The smallest absolute Gasteiger partial charge is 0.222 e. The molecule has 1 fully saturated rings. The second kappa shape index (κ2) is 7.30. The third-order valence-corrected chi connectivity index (χ3v) is 5.31. The predicted octanol–water partition coefficient (Wildman–Crippen LogP) is 3.52. The molecule has 0 spiro atoms. The highest BCUT2D eigenvalue weighted by Crippen LogP contribution is 2.27. The van der Waals surface area contributed by atoms with Gasteiger partial charge in [-0.15, -0.1) is 0 Å². The molecule has 5 heteroatoms. The Bertz CT molecular complexity index is 682. The molecule has 23 heavy (non-hydrogen) atoms. The Balaban J connectivity index is 1.58. The number of hydrogen-bond acceptors (Lipinski definition) is 2. The molecule has 0 aliphatic carbocycles. The lowest BCUT2D eigenvalue weighted by Gasteiger charge is -2.32. The summed E-state index contributed by atoms with van der Waals surface area (Å²) in [4.78, 5) is 14.6. The molecule has 4 nitrogen and oxygen atoms in total. The van der Waals surface area contributed by atoms with Crippen molar-refractivity contribution in [1.29, 1.82) is 0 Å². The fourth-order valence-corrected chi connectivity index (χ4v) is 3.71. The number of carbonyl (C=O) groups excluding carboxylic acids is 1. The zero-order valence-electron chi connectivity index (χ0n) is 13.4. The topological polar surface area (TPSA) is 38.1 Å². The van der Waals surface area contributed by atoms with Gasteiger partial charge in [0, 0.05) is 43.1 Å². The van der Waals surface area contributed by atoms with Crippen molar-refractivity contribution in [3.05, 3.63) is 52.3 Å². The number of carbonyl (C=O) groups is 1. The maximum atomic E-state index is 12.6. The zero-order valence-corrected chi connectivity index (χ0v) is 15.0. The Morgan fingerprint density at radius 1 is 1.39 bits per heavy atom. The van der Waals surface area contributed by atoms with Crippen LogP contribution >= 0.6 is 15.9 Å². The van der Waals surface area contributed by atoms with Gasteiger partial charge in [0.05, 0.1) is 6.20 Å². The SMILES string of the molecule is Cn1cc([C@H]2CCCN(C(=O)CCc3ccccc3Br)C2)cn1. The molecule has 0 unspecified atom stereocenters. The molecule has 1 atom stereocenters. The lowest BCUT2D eigenvalue weighted by molar-refractivity contribution is -0.132. The number of aromatic nitrogens is 2. The maximum absolute atomic E-state index is 12.6. The second-order valence-corrected chi connectivity index (χ2v) is 7.07. The van der Waals surface area contributed by atoms with E-state index in [1.54, 1.807) is 0 Å². The van der Waals surface area contributed by atoms with E-state index in [1.807, 2.05) is 41.0 Å². The van der Waals surface area contributed by atoms with Gasteiger partial charge >= 0.3 is 0 Å². The molecular formula is C18H22BrN3O. The molecule has 0 N–H and O–H groups in total. The van der Waals surface area contributed by atoms with Gasteiger partial charge in [0.2, 0.25) is 5.91 Å². The van der Waals surface area contributed by atoms with E-state index in [-0.39, 0.29) is 5.91 Å². The van der Waals surface area contributed by atoms with Crippen molar-refractivity contribution in [2.75, 3.05) is 13.1 Å². The molecule has 1 amide bonds. The monoisotopic (exact) mass is 375 g/mol. The number of benzene rings is 1. The van der Waals surface area contributed by atoms with Crippen LogP contribution in [0.25, 0.3) is 0 Å². The maximum Gasteiger partial charge on any atom is 0.222 e. The molecule has 1 aliphatic rings. The van der Waals surface area contributed by atoms with Gasteiger partial charge in [0.15, 0.2) is 0 Å². The highest BCUT2D eigenvalue weighted by atomic mass is 79.9. The number of nitrogens with zero attached hydrogens (tertiary/aromatic N) is 3. The predicted molar refractivity (Wildman–Crippen MR) is 94.2 cm³/mol. The molecule has 0 saturated carbocycles. The quantitative estimate of drug-likeness (QED) is 0.819. The van der Waals surface area contributed by atoms with Crippen LogP contribution in [-0.2, 0) is 18.3 Å². The standard InChI is InChI=1S/C18H22BrN3O/c1-21-12-16(11-20-21)15-6-4-10-22(13-15)18(23)9-8-14-5-2-3-7-17(14)19/h2-3,5,7,11-12,15H,4,6,8-10,13H2,1H3/t15-/m0/s1. The Morgan fingerprint density at radius 3 is 2.96 bits per heavy atom. The normalized spacial score (nSPS) is 18.2. The van der Waals surface area contributed by atoms with E-state index >= 15 is 0 Å². The number of rotatable bonds is 4. The van der Waals surface area contributed by atoms with Crippen molar-refractivity contribution in [3.8, 4) is 0 Å². The first-order valence-corrected chi connectivity index (χ1v) is 8.92. The van der Waals surface area contributed by atoms with Crippen LogP contribution in [0.3, 0.4) is 0 Å². The minimum Gasteiger partial charge on any atom is -0.342 e. The fraction of sp³-hybridized carbons (Fsp3) is 0.444. The van der Waals surface area contributed by atoms with E-state index in [1.165, 1.54) is 11.1 Å². The second-order valence-electron chi connectivity index (χ2n) is 6.22. The summed E-state index contributed by atoms with van der Waals surface area (Å²) >= 11 is 3.55. The van der Waals surface area contributed by atoms with Crippen LogP contribution in [0.5, 0.6) is 0 Å². The molecular weight excluding hydrogens is 354 g/mol. The number of aryl methyl sites for hydroxylation is 2. The van der Waals surface area contributed by atoms with Crippen LogP contribution in [0.1, 0.15) is 36.3 Å². The molecule has 0 radical (unpaired) electrons. The van der Waals surface area contributed by atoms with Gasteiger partial charge in [-0.3, -0.25) is 9.48 Å². The van der Waals surface area contributed by atoms with Crippen LogP contribution in [0, 0.1) is 0 Å². The third-order valence-electron chi connectivity index (χ3n) is 4.54. The lowest BCUT2D eigenvalue weighted by Crippen LogP contribution is -2.39. The summed E-state index contributed by atoms with van der Waals surface area (Å²) in [5, 5.41) is 4.26. The molecule has 1 saturated heterocycles. The average molecular weight is 376 g/mol. The number of piperidine rings is 1. The van der Waals surface area contributed by atoms with Crippen molar-refractivity contribution in [1.82, 2.24) is 14.7 Å². The van der Waals surface area contributed by atoms with Crippen LogP contribution < -0.4 is 0 Å². The molecule has 2 heterocycles. The van der Waals surface area contributed by atoms with Crippen LogP contribution in [-0.4, -0.2) is 33.7 Å². The van der Waals surface area contributed by atoms with Crippen LogP contribution in [0.15, 0.2) is 41.1 Å². The molecule has 3 rings (SSSR count). The van der Waals surface area contributed by atoms with Gasteiger partial charge in [-0.05, 0) is 36.5 Å². The number of halogens is 1. The van der Waals surface area contributed by atoms with Crippen LogP contribution in [0.4, 0.5) is 0 Å². The highest BCUT2D eigenvalue weighted by Gasteiger charge is 2.25. The number of amides is 1. The van der Waals surface area contributed by atoms with Gasteiger partial charge in [-0.1, -0.05) is 34.1 Å². The molecule has 1 aromatic heterocycles. The third kappa shape index (κ3) is 4.02. The highest BCUT2D eigenvalue weighted by molar-refractivity contribution is 9.10. The van der Waals surface area contributed by atoms with Crippen molar-refractivity contribution < 1.29 is 4.79 Å². The summed E-state index contributed by atoms with van der Waals surface area (Å²) < 4.78 is 2.92. The Labute approximate surface area is 145 Å². The van der Waals surface area contributed by atoms with Gasteiger partial charge in [0.25, 0.3) is 0 Å². The van der Waals surface area contributed by atoms with E-state index in [9.17, 15) is 4.79 Å². The van der Waals surface area contributed by atoms with Gasteiger partial charge in [0.1, 0.15) is 0 Å². The minimum atomic E-state index is 0.259. The first-order valence-electron chi connectivity index (χ1n) is 8.13. The summed E-state index contributed by atoms with van der Waals surface area (Å²) in [6.07, 6.45) is 7.57. The van der Waals surface area contributed by atoms with Crippen LogP contribution in [0.2, 0.25) is 0 Å². The molecule has 1 aromatic carbocycles. The van der Waals surface area contributed by atoms with Gasteiger partial charge in [-0.25, -0.2) is 0 Å². The molecule has 0 bridgehead atoms. The average Bonchev–Trinajstić information content (AvgIpc) is 3.00. The van der Waals surface area contributed by atoms with Crippen molar-refractivity contribution in [3.63, 3.8) is 0 Å². The minimum absolute atomic E-state index is 0.259. The lowest BCUT2D eigenvalue weighted by atomic mass is 9.92. The number of hydrogen-bond donors (Lipinski definition) is 0. The van der Waals surface area contributed by atoms with Gasteiger partial charge in [-0.2, -0.15) is 5.10 Å². The van der Waals surface area contributed by atoms with E-state index in [2.05, 4.69) is 33.3 Å². The Kier molecular flexibility index (Phi) is 5.16. The summed E-state index contributed by atoms with van der Waals surface area (Å²) in [5.41, 5.74) is 2.44. The molecule has 122 valence electrons. The molecule has 1 aliphatic heterocycles. The van der Waals surface area contributed by atoms with Crippen molar-refractivity contribution >= 4 is 21.8 Å². The Hall–Kier alpha value is -1.62. The van der Waals surface area contributed by atoms with E-state index in [0.717, 1.165) is 36.8 Å². The largest absolute Gasteiger partial charge is 0.342 e. The number of likely N-dealkylation sites (tertiary alicyclic amines) is 1. The molecule has 2 aromatic rings. The zero-order chi connectivity index (χ0) is 16.2.